The molecule has 1 unspecified atom stereocenters. The minimum atomic E-state index is -5.19. The highest BCUT2D eigenvalue weighted by molar-refractivity contribution is 6.31. The number of ether oxygens (including phenoxy) is 2. The molecule has 0 fully saturated rings. The van der Waals surface area contributed by atoms with Crippen molar-refractivity contribution in [1.82, 2.24) is 4.98 Å². The van der Waals surface area contributed by atoms with Crippen LogP contribution in [0.15, 0.2) is 48.5 Å². The maximum Gasteiger partial charge on any atom is 0.422 e. The number of benzene rings is 2. The van der Waals surface area contributed by atoms with Gasteiger partial charge in [-0.3, -0.25) is 4.79 Å². The minimum Gasteiger partial charge on any atom is -0.486 e. The van der Waals surface area contributed by atoms with Crippen molar-refractivity contribution < 1.29 is 36.9 Å². The molecule has 202 valence electrons. The zero-order chi connectivity index (χ0) is 27.9. The Bertz CT molecular complexity index is 1370. The van der Waals surface area contributed by atoms with Crippen LogP contribution in [0.5, 0.6) is 11.5 Å². The molecule has 11 heteroatoms. The number of aliphatic hydroxyl groups is 1. The molecule has 0 radical (unpaired) electrons. The normalized spacial score (nSPS) is 15.2. The average molecular weight is 553 g/mol. The van der Waals surface area contributed by atoms with E-state index >= 15 is 0 Å². The van der Waals surface area contributed by atoms with E-state index in [2.05, 4.69) is 4.98 Å². The summed E-state index contributed by atoms with van der Waals surface area (Å²) in [6, 6.07) is 10.4. The predicted molar refractivity (Wildman–Crippen MR) is 133 cm³/mol. The molecule has 0 saturated carbocycles. The van der Waals surface area contributed by atoms with Crippen LogP contribution in [0.25, 0.3) is 11.3 Å². The summed E-state index contributed by atoms with van der Waals surface area (Å²) < 4.78 is 67.8. The number of fused-ring (bicyclic) bond motifs is 1. The second-order valence-electron chi connectivity index (χ2n) is 9.62. The Balaban J connectivity index is 1.72. The fourth-order valence-corrected chi connectivity index (χ4v) is 4.17. The number of nitrogens with two attached hydrogens (primary N) is 1. The highest BCUT2D eigenvalue weighted by Gasteiger charge is 2.56. The van der Waals surface area contributed by atoms with E-state index in [4.69, 9.17) is 26.8 Å². The lowest BCUT2D eigenvalue weighted by atomic mass is 9.86. The van der Waals surface area contributed by atoms with Gasteiger partial charge in [-0.1, -0.05) is 11.6 Å². The van der Waals surface area contributed by atoms with Gasteiger partial charge < -0.3 is 20.3 Å². The summed E-state index contributed by atoms with van der Waals surface area (Å²) in [5.74, 6) is -0.602. The second kappa shape index (κ2) is 10.2. The van der Waals surface area contributed by atoms with Crippen molar-refractivity contribution in [1.29, 1.82) is 0 Å². The molecule has 3 N–H and O–H groups in total. The molecule has 0 spiro atoms. The monoisotopic (exact) mass is 552 g/mol. The van der Waals surface area contributed by atoms with Crippen LogP contribution >= 0.6 is 11.6 Å². The van der Waals surface area contributed by atoms with E-state index in [0.717, 1.165) is 12.1 Å². The van der Waals surface area contributed by atoms with Crippen LogP contribution in [-0.2, 0) is 11.1 Å². The number of alkyl halides is 3. The summed E-state index contributed by atoms with van der Waals surface area (Å²) in [7, 11) is 0. The van der Waals surface area contributed by atoms with Crippen molar-refractivity contribution >= 4 is 17.4 Å². The SMILES string of the molecule is CC(C)(N)c1cc(-c2ccc(F)c(Cl)c2)nc(C(O)(CCC(=O)c2ccc3c(c2)OCCO3)C(F)(F)F)c1. The number of Topliss-reactive ketones (excluding diaryl/α,β-unsaturated/α-hetero) is 1. The first-order valence-electron chi connectivity index (χ1n) is 11.7. The average Bonchev–Trinajstić information content (AvgIpc) is 2.86. The van der Waals surface area contributed by atoms with Gasteiger partial charge in [-0.2, -0.15) is 13.2 Å². The van der Waals surface area contributed by atoms with E-state index in [1.54, 1.807) is 13.8 Å². The van der Waals surface area contributed by atoms with Crippen molar-refractivity contribution in [3.8, 4) is 22.8 Å². The molecule has 38 heavy (non-hydrogen) atoms. The quantitative estimate of drug-likeness (QED) is 0.279. The third-order valence-corrected chi connectivity index (χ3v) is 6.55. The molecule has 0 aliphatic carbocycles. The van der Waals surface area contributed by atoms with Gasteiger partial charge in [-0.05, 0) is 74.4 Å². The molecule has 3 aromatic rings. The van der Waals surface area contributed by atoms with Gasteiger partial charge in [-0.25, -0.2) is 9.37 Å². The predicted octanol–water partition coefficient (Wildman–Crippen LogP) is 5.92. The maximum absolute atomic E-state index is 14.4. The van der Waals surface area contributed by atoms with Gasteiger partial charge in [0.15, 0.2) is 17.3 Å². The van der Waals surface area contributed by atoms with Crippen molar-refractivity contribution in [3.63, 3.8) is 0 Å². The van der Waals surface area contributed by atoms with Gasteiger partial charge in [0.2, 0.25) is 5.60 Å². The number of hydrogen-bond donors (Lipinski definition) is 2. The van der Waals surface area contributed by atoms with Gasteiger partial charge in [0.25, 0.3) is 0 Å². The lowest BCUT2D eigenvalue weighted by Crippen LogP contribution is -2.44. The van der Waals surface area contributed by atoms with Crippen molar-refractivity contribution in [2.24, 2.45) is 5.73 Å². The lowest BCUT2D eigenvalue weighted by molar-refractivity contribution is -0.270. The molecular weight excluding hydrogens is 528 g/mol. The van der Waals surface area contributed by atoms with Gasteiger partial charge in [0.05, 0.1) is 16.4 Å². The molecule has 0 amide bonds. The first-order valence-corrected chi connectivity index (χ1v) is 12.1. The molecule has 2 heterocycles. The van der Waals surface area contributed by atoms with Crippen molar-refractivity contribution in [3.05, 3.63) is 76.2 Å². The van der Waals surface area contributed by atoms with E-state index in [9.17, 15) is 27.5 Å². The van der Waals surface area contributed by atoms with Crippen molar-refractivity contribution in [2.45, 2.75) is 44.0 Å². The molecular formula is C27H25ClF4N2O4. The molecule has 0 bridgehead atoms. The lowest BCUT2D eigenvalue weighted by Gasteiger charge is -2.32. The van der Waals surface area contributed by atoms with Crippen LogP contribution in [0.3, 0.4) is 0 Å². The molecule has 0 saturated heterocycles. The van der Waals surface area contributed by atoms with Crippen LogP contribution in [0, 0.1) is 5.82 Å². The zero-order valence-corrected chi connectivity index (χ0v) is 21.3. The number of carbonyl (C=O) groups excluding carboxylic acids is 1. The Kier molecular flexibility index (Phi) is 7.44. The topological polar surface area (TPSA) is 94.7 Å². The Morgan fingerprint density at radius 3 is 2.37 bits per heavy atom. The Morgan fingerprint density at radius 1 is 1.05 bits per heavy atom. The van der Waals surface area contributed by atoms with E-state index in [-0.39, 0.29) is 34.0 Å². The van der Waals surface area contributed by atoms with Crippen LogP contribution in [0.2, 0.25) is 5.02 Å². The van der Waals surface area contributed by atoms with Gasteiger partial charge in [-0.15, -0.1) is 0 Å². The second-order valence-corrected chi connectivity index (χ2v) is 10.0. The Labute approximate surface area is 221 Å². The van der Waals surface area contributed by atoms with Crippen LogP contribution in [-0.4, -0.2) is 35.3 Å². The van der Waals surface area contributed by atoms with E-state index in [1.165, 1.54) is 36.4 Å². The molecule has 6 nitrogen and oxygen atoms in total. The van der Waals surface area contributed by atoms with Gasteiger partial charge >= 0.3 is 6.18 Å². The maximum atomic E-state index is 14.4. The summed E-state index contributed by atoms with van der Waals surface area (Å²) in [5.41, 5.74) is 1.40. The largest absolute Gasteiger partial charge is 0.486 e. The van der Waals surface area contributed by atoms with E-state index in [1.807, 2.05) is 0 Å². The van der Waals surface area contributed by atoms with Crippen LogP contribution < -0.4 is 15.2 Å². The number of rotatable bonds is 7. The summed E-state index contributed by atoms with van der Waals surface area (Å²) in [4.78, 5) is 16.9. The highest BCUT2D eigenvalue weighted by atomic mass is 35.5. The van der Waals surface area contributed by atoms with E-state index in [0.29, 0.717) is 18.1 Å². The van der Waals surface area contributed by atoms with Gasteiger partial charge in [0.1, 0.15) is 19.0 Å². The Hall–Kier alpha value is -3.21. The molecule has 1 atom stereocenters. The van der Waals surface area contributed by atoms with Crippen LogP contribution in [0.4, 0.5) is 17.6 Å². The van der Waals surface area contributed by atoms with Crippen molar-refractivity contribution in [2.75, 3.05) is 13.2 Å². The van der Waals surface area contributed by atoms with E-state index < -0.39 is 47.5 Å². The fraction of sp³-hybridized carbons (Fsp3) is 0.333. The highest BCUT2D eigenvalue weighted by Crippen LogP contribution is 2.44. The summed E-state index contributed by atoms with van der Waals surface area (Å²) >= 11 is 5.87. The number of pyridine rings is 1. The molecule has 1 aromatic heterocycles. The summed E-state index contributed by atoms with van der Waals surface area (Å²) in [6.45, 7) is 3.77. The van der Waals surface area contributed by atoms with Crippen LogP contribution in [0.1, 0.15) is 48.3 Å². The first kappa shape index (κ1) is 27.8. The fourth-order valence-electron chi connectivity index (χ4n) is 3.99. The smallest absolute Gasteiger partial charge is 0.422 e. The summed E-state index contributed by atoms with van der Waals surface area (Å²) in [5, 5.41) is 10.8. The number of carbonyl (C=O) groups is 1. The number of aromatic nitrogens is 1. The number of hydrogen-bond acceptors (Lipinski definition) is 6. The first-order chi connectivity index (χ1) is 17.7. The zero-order valence-electron chi connectivity index (χ0n) is 20.5. The summed E-state index contributed by atoms with van der Waals surface area (Å²) in [6.07, 6.45) is -6.84. The number of nitrogens with zero attached hydrogens (tertiary/aromatic N) is 1. The van der Waals surface area contributed by atoms with Gasteiger partial charge in [0, 0.05) is 23.1 Å². The Morgan fingerprint density at radius 2 is 1.74 bits per heavy atom. The minimum absolute atomic E-state index is 0.00115. The molecule has 1 aliphatic rings. The molecule has 2 aromatic carbocycles. The third kappa shape index (κ3) is 5.62. The standard InChI is InChI=1S/C27H25ClF4N2O4/c1-25(2,33)17-13-20(15-3-5-19(29)18(28)11-15)34-24(14-17)26(36,27(30,31)32)8-7-21(35)16-4-6-22-23(12-16)38-10-9-37-22/h3-6,11-14,36H,7-10,33H2,1-2H3. The number of ketones is 1. The third-order valence-electron chi connectivity index (χ3n) is 6.26. The number of halogens is 5. The molecule has 4 rings (SSSR count). The molecule has 1 aliphatic heterocycles.